The Kier molecular flexibility index (Phi) is 4.46. The number of fused-ring (bicyclic) bond motifs is 1. The fourth-order valence-corrected chi connectivity index (χ4v) is 2.77. The van der Waals surface area contributed by atoms with Crippen LogP contribution in [0, 0.1) is 0 Å². The van der Waals surface area contributed by atoms with Gasteiger partial charge in [0.25, 0.3) is 0 Å². The first-order chi connectivity index (χ1) is 9.91. The Morgan fingerprint density at radius 3 is 2.81 bits per heavy atom. The second-order valence-electron chi connectivity index (χ2n) is 4.70. The molecule has 112 valence electrons. The number of carbonyl (C=O) groups is 2. The Balaban J connectivity index is 2.49. The van der Waals surface area contributed by atoms with E-state index in [2.05, 4.69) is 9.97 Å². The molecule has 0 saturated carbocycles. The minimum absolute atomic E-state index is 0.0999. The Labute approximate surface area is 126 Å². The van der Waals surface area contributed by atoms with E-state index in [1.807, 2.05) is 0 Å². The van der Waals surface area contributed by atoms with Gasteiger partial charge in [-0.3, -0.25) is 14.2 Å². The summed E-state index contributed by atoms with van der Waals surface area (Å²) in [5.74, 6) is -1.15. The van der Waals surface area contributed by atoms with Crippen LogP contribution in [0.15, 0.2) is 23.5 Å². The molecule has 0 aliphatic rings. The van der Waals surface area contributed by atoms with Crippen LogP contribution in [0.5, 0.6) is 0 Å². The van der Waals surface area contributed by atoms with Crippen LogP contribution in [0.3, 0.4) is 0 Å². The molecule has 2 aromatic heterocycles. The second-order valence-corrected chi connectivity index (χ2v) is 5.64. The van der Waals surface area contributed by atoms with E-state index in [-0.39, 0.29) is 11.7 Å². The first-order valence-electron chi connectivity index (χ1n) is 6.30. The van der Waals surface area contributed by atoms with Gasteiger partial charge in [0.1, 0.15) is 11.6 Å². The van der Waals surface area contributed by atoms with Gasteiger partial charge in [-0.1, -0.05) is 11.8 Å². The van der Waals surface area contributed by atoms with Crippen LogP contribution in [0.2, 0.25) is 0 Å². The van der Waals surface area contributed by atoms with Crippen molar-refractivity contribution < 1.29 is 14.7 Å². The van der Waals surface area contributed by atoms with Crippen LogP contribution in [0.1, 0.15) is 13.0 Å². The summed E-state index contributed by atoms with van der Waals surface area (Å²) in [4.78, 5) is 33.1. The third-order valence-electron chi connectivity index (χ3n) is 2.93. The maximum Gasteiger partial charge on any atom is 0.313 e. The first kappa shape index (κ1) is 15.3. The molecule has 0 aliphatic carbocycles. The lowest BCUT2D eigenvalue weighted by atomic mass is 10.3. The number of thioether (sulfide) groups is 1. The molecule has 0 aliphatic heterocycles. The fourth-order valence-electron chi connectivity index (χ4n) is 1.97. The van der Waals surface area contributed by atoms with Crippen molar-refractivity contribution in [1.29, 1.82) is 0 Å². The summed E-state index contributed by atoms with van der Waals surface area (Å²) in [6, 6.07) is 3.04. The Morgan fingerprint density at radius 2 is 2.19 bits per heavy atom. The quantitative estimate of drug-likeness (QED) is 0.837. The number of nitrogens with zero attached hydrogens (tertiary/aromatic N) is 4. The number of hydrogen-bond donors (Lipinski definition) is 1. The summed E-state index contributed by atoms with van der Waals surface area (Å²) in [5.41, 5.74) is 1.22. The second kappa shape index (κ2) is 6.13. The van der Waals surface area contributed by atoms with Crippen LogP contribution in [0.25, 0.3) is 11.2 Å². The number of rotatable bonds is 5. The van der Waals surface area contributed by atoms with Crippen molar-refractivity contribution in [2.45, 2.75) is 18.1 Å². The summed E-state index contributed by atoms with van der Waals surface area (Å²) < 4.78 is 1.69. The van der Waals surface area contributed by atoms with Crippen LogP contribution in [-0.4, -0.2) is 56.3 Å². The largest absolute Gasteiger partial charge is 0.481 e. The molecule has 0 aromatic carbocycles. The number of carboxylic acids is 1. The molecule has 8 heteroatoms. The molecule has 1 unspecified atom stereocenters. The Morgan fingerprint density at radius 1 is 1.48 bits per heavy atom. The number of pyridine rings is 1. The van der Waals surface area contributed by atoms with Crippen molar-refractivity contribution in [3.63, 3.8) is 0 Å². The highest BCUT2D eigenvalue weighted by atomic mass is 32.2. The summed E-state index contributed by atoms with van der Waals surface area (Å²) in [5, 5.41) is 9.31. The molecule has 0 spiro atoms. The van der Waals surface area contributed by atoms with Crippen molar-refractivity contribution in [2.24, 2.45) is 0 Å². The predicted octanol–water partition coefficient (Wildman–Crippen LogP) is 1.26. The van der Waals surface area contributed by atoms with Crippen molar-refractivity contribution in [3.8, 4) is 0 Å². The van der Waals surface area contributed by atoms with E-state index < -0.39 is 12.0 Å². The highest BCUT2D eigenvalue weighted by Gasteiger charge is 2.24. The van der Waals surface area contributed by atoms with Gasteiger partial charge in [0, 0.05) is 20.3 Å². The summed E-state index contributed by atoms with van der Waals surface area (Å²) in [7, 11) is 3.35. The van der Waals surface area contributed by atoms with E-state index in [4.69, 9.17) is 5.11 Å². The van der Waals surface area contributed by atoms with E-state index in [0.717, 1.165) is 11.8 Å². The fraction of sp³-hybridized carbons (Fsp3) is 0.385. The molecule has 0 bridgehead atoms. The van der Waals surface area contributed by atoms with Crippen LogP contribution in [0.4, 0.5) is 0 Å². The van der Waals surface area contributed by atoms with Gasteiger partial charge in [-0.05, 0) is 19.1 Å². The molecule has 21 heavy (non-hydrogen) atoms. The lowest BCUT2D eigenvalue weighted by molar-refractivity contribution is -0.134. The molecule has 1 amide bonds. The number of aliphatic carboxylic acids is 1. The van der Waals surface area contributed by atoms with Crippen molar-refractivity contribution >= 4 is 34.8 Å². The van der Waals surface area contributed by atoms with Crippen LogP contribution < -0.4 is 0 Å². The van der Waals surface area contributed by atoms with Gasteiger partial charge < -0.3 is 10.0 Å². The predicted molar refractivity (Wildman–Crippen MR) is 79.3 cm³/mol. The third-order valence-corrected chi connectivity index (χ3v) is 3.86. The number of imidazole rings is 1. The topological polar surface area (TPSA) is 88.3 Å². The lowest BCUT2D eigenvalue weighted by Crippen LogP contribution is -2.30. The number of hydrogen-bond acceptors (Lipinski definition) is 5. The SMILES string of the molecule is CC(C(=O)N(C)C)n1c(SCC(=O)O)nc2cccnc21. The van der Waals surface area contributed by atoms with Gasteiger partial charge in [0.15, 0.2) is 10.8 Å². The zero-order valence-electron chi connectivity index (χ0n) is 12.0. The molecule has 0 saturated heterocycles. The molecule has 2 heterocycles. The maximum atomic E-state index is 12.2. The van der Waals surface area contributed by atoms with E-state index in [1.165, 1.54) is 4.90 Å². The minimum Gasteiger partial charge on any atom is -0.481 e. The number of carbonyl (C=O) groups excluding carboxylic acids is 1. The summed E-state index contributed by atoms with van der Waals surface area (Å²) in [6.45, 7) is 1.75. The summed E-state index contributed by atoms with van der Waals surface area (Å²) in [6.07, 6.45) is 1.62. The van der Waals surface area contributed by atoms with Gasteiger partial charge in [0.05, 0.1) is 5.75 Å². The molecule has 0 fully saturated rings. The average molecular weight is 308 g/mol. The zero-order valence-corrected chi connectivity index (χ0v) is 12.8. The van der Waals surface area contributed by atoms with Gasteiger partial charge in [-0.15, -0.1) is 0 Å². The number of amides is 1. The van der Waals surface area contributed by atoms with Gasteiger partial charge in [-0.2, -0.15) is 0 Å². The van der Waals surface area contributed by atoms with Gasteiger partial charge in [-0.25, -0.2) is 9.97 Å². The molecular formula is C13H16N4O3S. The zero-order chi connectivity index (χ0) is 15.6. The van der Waals surface area contributed by atoms with E-state index >= 15 is 0 Å². The third kappa shape index (κ3) is 3.15. The number of likely N-dealkylation sites (N-methyl/N-ethyl adjacent to an activating group) is 1. The monoisotopic (exact) mass is 308 g/mol. The van der Waals surface area contributed by atoms with Crippen molar-refractivity contribution in [1.82, 2.24) is 19.4 Å². The molecule has 2 aromatic rings. The van der Waals surface area contributed by atoms with Gasteiger partial charge >= 0.3 is 5.97 Å². The molecule has 2 rings (SSSR count). The van der Waals surface area contributed by atoms with Crippen molar-refractivity contribution in [3.05, 3.63) is 18.3 Å². The molecule has 1 N–H and O–H groups in total. The number of aromatic nitrogens is 3. The van der Waals surface area contributed by atoms with Crippen LogP contribution >= 0.6 is 11.8 Å². The Hall–Kier alpha value is -2.09. The standard InChI is InChI=1S/C13H16N4O3S/c1-8(12(20)16(2)3)17-11-9(5-4-6-14-11)15-13(17)21-7-10(18)19/h4-6,8H,7H2,1-3H3,(H,18,19). The Bertz CT molecular complexity index is 683. The number of carboxylic acid groups (broad SMARTS) is 1. The van der Waals surface area contributed by atoms with Gasteiger partial charge in [0.2, 0.25) is 5.91 Å². The molecule has 0 radical (unpaired) electrons. The lowest BCUT2D eigenvalue weighted by Gasteiger charge is -2.19. The molecule has 1 atom stereocenters. The molecular weight excluding hydrogens is 292 g/mol. The molecule has 7 nitrogen and oxygen atoms in total. The normalized spacial score (nSPS) is 12.3. The average Bonchev–Trinajstić information content (AvgIpc) is 2.81. The highest BCUT2D eigenvalue weighted by molar-refractivity contribution is 7.99. The van der Waals surface area contributed by atoms with E-state index in [0.29, 0.717) is 16.3 Å². The van der Waals surface area contributed by atoms with E-state index in [9.17, 15) is 9.59 Å². The maximum absolute atomic E-state index is 12.2. The van der Waals surface area contributed by atoms with Crippen molar-refractivity contribution in [2.75, 3.05) is 19.8 Å². The van der Waals surface area contributed by atoms with E-state index in [1.54, 1.807) is 43.9 Å². The smallest absolute Gasteiger partial charge is 0.313 e. The van der Waals surface area contributed by atoms with Crippen LogP contribution in [-0.2, 0) is 9.59 Å². The highest BCUT2D eigenvalue weighted by Crippen LogP contribution is 2.27. The first-order valence-corrected chi connectivity index (χ1v) is 7.29. The summed E-state index contributed by atoms with van der Waals surface area (Å²) >= 11 is 1.08. The minimum atomic E-state index is -0.932.